The highest BCUT2D eigenvalue weighted by Crippen LogP contribution is 2.16. The third-order valence-corrected chi connectivity index (χ3v) is 4.56. The van der Waals surface area contributed by atoms with Crippen molar-refractivity contribution in [3.8, 4) is 11.8 Å². The number of nitriles is 1. The summed E-state index contributed by atoms with van der Waals surface area (Å²) in [5.41, 5.74) is 4.39. The van der Waals surface area contributed by atoms with Gasteiger partial charge in [-0.1, -0.05) is 12.1 Å². The Morgan fingerprint density at radius 3 is 2.44 bits per heavy atom. The van der Waals surface area contributed by atoms with Crippen molar-refractivity contribution in [3.63, 3.8) is 0 Å². The van der Waals surface area contributed by atoms with Crippen LogP contribution in [0.25, 0.3) is 0 Å². The van der Waals surface area contributed by atoms with Crippen LogP contribution in [-0.4, -0.2) is 16.7 Å². The Balaban J connectivity index is 1.81. The molecule has 0 radical (unpaired) electrons. The first-order valence-electron chi connectivity index (χ1n) is 8.95. The van der Waals surface area contributed by atoms with Crippen LogP contribution in [0.1, 0.15) is 49.7 Å². The molecule has 0 aliphatic heterocycles. The number of ether oxygens (including phenoxy) is 1. The largest absolute Gasteiger partial charge is 0.491 e. The van der Waals surface area contributed by atoms with Gasteiger partial charge in [0.05, 0.1) is 6.10 Å². The molecule has 1 N–H and O–H groups in total. The molecule has 1 heterocycles. The number of rotatable bonds is 8. The van der Waals surface area contributed by atoms with E-state index in [1.807, 2.05) is 43.7 Å². The zero-order valence-corrected chi connectivity index (χ0v) is 16.0. The average Bonchev–Trinajstić information content (AvgIpc) is 2.86. The molecule has 1 aromatic heterocycles. The molecule has 0 spiro atoms. The Bertz CT molecular complexity index is 723. The summed E-state index contributed by atoms with van der Waals surface area (Å²) in [5.74, 6) is 0.928. The van der Waals surface area contributed by atoms with Gasteiger partial charge in [-0.05, 0) is 69.9 Å². The standard InChI is InChI=1S/C21H29N3O/c1-15(2)25-21-10-8-18(9-11-21)7-6-16(3)23-14-19-12-20(13-22)24(5)17(19)4/h8-12,15-16,23H,6-7,14H2,1-5H3/t16-/m1/s1. The normalized spacial score (nSPS) is 12.2. The molecule has 1 aromatic carbocycles. The van der Waals surface area contributed by atoms with Gasteiger partial charge in [-0.25, -0.2) is 0 Å². The highest BCUT2D eigenvalue weighted by Gasteiger charge is 2.10. The lowest BCUT2D eigenvalue weighted by Crippen LogP contribution is -2.26. The van der Waals surface area contributed by atoms with Crippen LogP contribution in [0, 0.1) is 18.3 Å². The Hall–Kier alpha value is -2.25. The van der Waals surface area contributed by atoms with Gasteiger partial charge in [0, 0.05) is 25.3 Å². The lowest BCUT2D eigenvalue weighted by molar-refractivity contribution is 0.242. The highest BCUT2D eigenvalue weighted by atomic mass is 16.5. The lowest BCUT2D eigenvalue weighted by atomic mass is 10.1. The van der Waals surface area contributed by atoms with Gasteiger partial charge in [0.25, 0.3) is 0 Å². The van der Waals surface area contributed by atoms with E-state index in [0.717, 1.165) is 30.8 Å². The van der Waals surface area contributed by atoms with Crippen LogP contribution < -0.4 is 10.1 Å². The fourth-order valence-electron chi connectivity index (χ4n) is 2.82. The molecule has 2 aromatic rings. The third kappa shape index (κ3) is 5.37. The zero-order chi connectivity index (χ0) is 18.4. The van der Waals surface area contributed by atoms with Gasteiger partial charge in [-0.3, -0.25) is 0 Å². The number of nitrogens with zero attached hydrogens (tertiary/aromatic N) is 2. The van der Waals surface area contributed by atoms with E-state index in [1.165, 1.54) is 11.1 Å². The maximum Gasteiger partial charge on any atom is 0.120 e. The van der Waals surface area contributed by atoms with Gasteiger partial charge >= 0.3 is 0 Å². The predicted octanol–water partition coefficient (Wildman–Crippen LogP) is 4.10. The molecular weight excluding hydrogens is 310 g/mol. The molecule has 0 unspecified atom stereocenters. The number of aryl methyl sites for hydroxylation is 1. The Kier molecular flexibility index (Phi) is 6.66. The fraction of sp³-hybridized carbons (Fsp3) is 0.476. The van der Waals surface area contributed by atoms with E-state index >= 15 is 0 Å². The molecule has 0 saturated carbocycles. The summed E-state index contributed by atoms with van der Waals surface area (Å²) in [4.78, 5) is 0. The molecule has 4 nitrogen and oxygen atoms in total. The topological polar surface area (TPSA) is 50.0 Å². The van der Waals surface area contributed by atoms with Crippen LogP contribution in [0.2, 0.25) is 0 Å². The van der Waals surface area contributed by atoms with Crippen molar-refractivity contribution in [1.82, 2.24) is 9.88 Å². The minimum absolute atomic E-state index is 0.207. The maximum absolute atomic E-state index is 9.11. The summed E-state index contributed by atoms with van der Waals surface area (Å²) in [6.07, 6.45) is 2.31. The first kappa shape index (κ1) is 19.1. The van der Waals surface area contributed by atoms with Crippen molar-refractivity contribution in [2.24, 2.45) is 7.05 Å². The minimum Gasteiger partial charge on any atom is -0.491 e. The third-order valence-electron chi connectivity index (χ3n) is 4.56. The fourth-order valence-corrected chi connectivity index (χ4v) is 2.82. The van der Waals surface area contributed by atoms with Crippen LogP contribution in [0.4, 0.5) is 0 Å². The van der Waals surface area contributed by atoms with Gasteiger partial charge < -0.3 is 14.6 Å². The monoisotopic (exact) mass is 339 g/mol. The summed E-state index contributed by atoms with van der Waals surface area (Å²) < 4.78 is 7.62. The van der Waals surface area contributed by atoms with Crippen LogP contribution >= 0.6 is 0 Å². The van der Waals surface area contributed by atoms with Gasteiger partial charge in [-0.2, -0.15) is 5.26 Å². The van der Waals surface area contributed by atoms with E-state index in [2.05, 4.69) is 37.4 Å². The van der Waals surface area contributed by atoms with Crippen LogP contribution in [0.5, 0.6) is 5.75 Å². The van der Waals surface area contributed by atoms with Crippen LogP contribution in [0.15, 0.2) is 30.3 Å². The van der Waals surface area contributed by atoms with E-state index in [1.54, 1.807) is 0 Å². The van der Waals surface area contributed by atoms with E-state index in [-0.39, 0.29) is 6.10 Å². The molecule has 1 atom stereocenters. The second kappa shape index (κ2) is 8.73. The number of nitrogens with one attached hydrogen (secondary N) is 1. The predicted molar refractivity (Wildman–Crippen MR) is 102 cm³/mol. The summed E-state index contributed by atoms with van der Waals surface area (Å²) in [7, 11) is 1.94. The number of hydrogen-bond donors (Lipinski definition) is 1. The molecule has 2 rings (SSSR count). The Morgan fingerprint density at radius 2 is 1.88 bits per heavy atom. The number of aromatic nitrogens is 1. The molecule has 0 aliphatic rings. The quantitative estimate of drug-likeness (QED) is 0.787. The second-order valence-corrected chi connectivity index (χ2v) is 6.94. The summed E-state index contributed by atoms with van der Waals surface area (Å²) in [6.45, 7) is 9.14. The molecule has 0 amide bonds. The van der Waals surface area contributed by atoms with Gasteiger partial charge in [-0.15, -0.1) is 0 Å². The van der Waals surface area contributed by atoms with Gasteiger partial charge in [0.15, 0.2) is 0 Å². The van der Waals surface area contributed by atoms with Crippen molar-refractivity contribution in [3.05, 3.63) is 52.8 Å². The second-order valence-electron chi connectivity index (χ2n) is 6.94. The molecule has 4 heteroatoms. The van der Waals surface area contributed by atoms with Crippen molar-refractivity contribution in [2.75, 3.05) is 0 Å². The van der Waals surface area contributed by atoms with Crippen molar-refractivity contribution in [1.29, 1.82) is 5.26 Å². The molecule has 25 heavy (non-hydrogen) atoms. The summed E-state index contributed by atoms with van der Waals surface area (Å²) in [5, 5.41) is 12.7. The van der Waals surface area contributed by atoms with Gasteiger partial charge in [0.2, 0.25) is 0 Å². The smallest absolute Gasteiger partial charge is 0.120 e. The molecule has 134 valence electrons. The first-order valence-corrected chi connectivity index (χ1v) is 8.95. The summed E-state index contributed by atoms with van der Waals surface area (Å²) in [6, 6.07) is 13.0. The van der Waals surface area contributed by atoms with Crippen LogP contribution in [0.3, 0.4) is 0 Å². The van der Waals surface area contributed by atoms with Gasteiger partial charge in [0.1, 0.15) is 17.5 Å². The van der Waals surface area contributed by atoms with Crippen molar-refractivity contribution < 1.29 is 4.74 Å². The average molecular weight is 339 g/mol. The summed E-state index contributed by atoms with van der Waals surface area (Å²) >= 11 is 0. The molecule has 0 saturated heterocycles. The Labute approximate surface area is 151 Å². The minimum atomic E-state index is 0.207. The number of hydrogen-bond acceptors (Lipinski definition) is 3. The molecular formula is C21H29N3O. The van der Waals surface area contributed by atoms with E-state index in [9.17, 15) is 0 Å². The van der Waals surface area contributed by atoms with Crippen molar-refractivity contribution >= 4 is 0 Å². The highest BCUT2D eigenvalue weighted by molar-refractivity contribution is 5.34. The SMILES string of the molecule is Cc1c(CN[C@H](C)CCc2ccc(OC(C)C)cc2)cc(C#N)n1C. The van der Waals surface area contributed by atoms with E-state index in [0.29, 0.717) is 11.7 Å². The van der Waals surface area contributed by atoms with E-state index < -0.39 is 0 Å². The molecule has 0 aliphatic carbocycles. The first-order chi connectivity index (χ1) is 11.9. The van der Waals surface area contributed by atoms with Crippen molar-refractivity contribution in [2.45, 2.75) is 59.2 Å². The lowest BCUT2D eigenvalue weighted by Gasteiger charge is -2.14. The molecule has 0 bridgehead atoms. The molecule has 0 fully saturated rings. The number of benzene rings is 1. The van der Waals surface area contributed by atoms with Crippen LogP contribution in [-0.2, 0) is 20.0 Å². The Morgan fingerprint density at radius 1 is 1.20 bits per heavy atom. The maximum atomic E-state index is 9.11. The van der Waals surface area contributed by atoms with E-state index in [4.69, 9.17) is 10.00 Å². The zero-order valence-electron chi connectivity index (χ0n) is 16.0.